The van der Waals surface area contributed by atoms with E-state index in [0.29, 0.717) is 35.1 Å². The number of nitrogens with one attached hydrogen (secondary N) is 1. The van der Waals surface area contributed by atoms with Gasteiger partial charge in [0.25, 0.3) is 11.8 Å². The van der Waals surface area contributed by atoms with E-state index in [1.807, 2.05) is 24.3 Å². The maximum absolute atomic E-state index is 13.4. The minimum absolute atomic E-state index is 0.00837. The summed E-state index contributed by atoms with van der Waals surface area (Å²) in [6, 6.07) is 6.64. The van der Waals surface area contributed by atoms with Crippen LogP contribution in [-0.4, -0.2) is 101 Å². The van der Waals surface area contributed by atoms with Crippen LogP contribution in [0.2, 0.25) is 10.0 Å². The van der Waals surface area contributed by atoms with Gasteiger partial charge in [0.05, 0.1) is 23.6 Å². The third-order valence-corrected chi connectivity index (χ3v) is 12.1. The van der Waals surface area contributed by atoms with Crippen LogP contribution < -0.4 is 11.1 Å². The summed E-state index contributed by atoms with van der Waals surface area (Å²) in [4.78, 5) is 61.0. The second-order valence-electron chi connectivity index (χ2n) is 13.7. The van der Waals surface area contributed by atoms with E-state index in [2.05, 4.69) is 22.5 Å². The molecule has 3 atom stereocenters. The smallest absolute Gasteiger partial charge is 0.352 e. The fraction of sp³-hybridized carbons (Fsp3) is 0.314. The van der Waals surface area contributed by atoms with E-state index in [4.69, 9.17) is 33.8 Å². The summed E-state index contributed by atoms with van der Waals surface area (Å²) in [6.07, 6.45) is 3.99. The number of anilines is 1. The molecule has 6 rings (SSSR count). The average Bonchev–Trinajstić information content (AvgIpc) is 3.56. The fourth-order valence-corrected chi connectivity index (χ4v) is 8.74. The number of hydrogen-bond acceptors (Lipinski definition) is 12. The summed E-state index contributed by atoms with van der Waals surface area (Å²) in [7, 11) is 2.08. The predicted molar refractivity (Wildman–Crippen MR) is 203 cm³/mol. The molecule has 0 saturated carbocycles. The van der Waals surface area contributed by atoms with Gasteiger partial charge < -0.3 is 40.8 Å². The Morgan fingerprint density at radius 2 is 1.80 bits per heavy atom. The number of rotatable bonds is 11. The number of amides is 2. The largest absolute Gasteiger partial charge is 0.503 e. The normalized spacial score (nSPS) is 21.4. The number of nitrogen functional groups attached to an aromatic ring is 1. The van der Waals surface area contributed by atoms with Crippen LogP contribution in [0.3, 0.4) is 0 Å². The maximum atomic E-state index is 13.4. The first-order valence-electron chi connectivity index (χ1n) is 16.3. The number of quaternary nitrogens is 1. The third kappa shape index (κ3) is 7.46. The molecule has 0 bridgehead atoms. The molecule has 19 heteroatoms. The number of carboxylic acids is 2. The van der Waals surface area contributed by atoms with Gasteiger partial charge in [0, 0.05) is 28.7 Å². The molecule has 15 nitrogen and oxygen atoms in total. The molecule has 4 heterocycles. The number of thioether (sulfide) groups is 1. The van der Waals surface area contributed by atoms with Crippen LogP contribution in [0.5, 0.6) is 11.5 Å². The summed E-state index contributed by atoms with van der Waals surface area (Å²) >= 11 is 15.0. The molecule has 0 radical (unpaired) electrons. The number of thiazole rings is 1. The van der Waals surface area contributed by atoms with Crippen LogP contribution in [0.25, 0.3) is 6.08 Å². The molecule has 1 saturated heterocycles. The number of benzene rings is 2. The summed E-state index contributed by atoms with van der Waals surface area (Å²) in [5.74, 6) is -4.77. The van der Waals surface area contributed by atoms with E-state index in [0.717, 1.165) is 39.5 Å². The highest BCUT2D eigenvalue weighted by Crippen LogP contribution is 2.47. The van der Waals surface area contributed by atoms with Crippen molar-refractivity contribution in [3.8, 4) is 11.5 Å². The van der Waals surface area contributed by atoms with Crippen LogP contribution in [0, 0.1) is 0 Å². The van der Waals surface area contributed by atoms with Crippen LogP contribution in [0.4, 0.5) is 5.13 Å². The Morgan fingerprint density at radius 3 is 2.41 bits per heavy atom. The van der Waals surface area contributed by atoms with Gasteiger partial charge in [-0.3, -0.25) is 14.5 Å². The number of hydrogen-bond donors (Lipinski definition) is 6. The first kappa shape index (κ1) is 38.9. The van der Waals surface area contributed by atoms with Gasteiger partial charge in [-0.15, -0.1) is 23.1 Å². The van der Waals surface area contributed by atoms with Crippen molar-refractivity contribution >= 4 is 87.0 Å². The minimum atomic E-state index is -1.78. The van der Waals surface area contributed by atoms with Crippen molar-refractivity contribution in [2.45, 2.75) is 50.4 Å². The van der Waals surface area contributed by atoms with Crippen LogP contribution in [-0.2, 0) is 43.5 Å². The van der Waals surface area contributed by atoms with E-state index in [-0.39, 0.29) is 32.3 Å². The summed E-state index contributed by atoms with van der Waals surface area (Å²) in [5, 5.41) is 47.2. The zero-order valence-corrected chi connectivity index (χ0v) is 32.1. The van der Waals surface area contributed by atoms with Crippen molar-refractivity contribution in [1.82, 2.24) is 15.2 Å². The third-order valence-electron chi connectivity index (χ3n) is 9.34. The molecule has 7 N–H and O–H groups in total. The Labute approximate surface area is 326 Å². The summed E-state index contributed by atoms with van der Waals surface area (Å²) in [6.45, 7) is 4.37. The van der Waals surface area contributed by atoms with E-state index < -0.39 is 58.0 Å². The van der Waals surface area contributed by atoms with E-state index in [1.54, 1.807) is 12.2 Å². The zero-order chi connectivity index (χ0) is 39.3. The highest BCUT2D eigenvalue weighted by Gasteiger charge is 2.54. The van der Waals surface area contributed by atoms with Crippen LogP contribution in [0.1, 0.15) is 41.8 Å². The van der Waals surface area contributed by atoms with Gasteiger partial charge in [0.15, 0.2) is 22.3 Å². The molecule has 284 valence electrons. The molecular formula is C35H35Cl2N6O9S2+. The number of phenols is 2. The van der Waals surface area contributed by atoms with Gasteiger partial charge in [0.2, 0.25) is 5.60 Å². The van der Waals surface area contributed by atoms with Crippen LogP contribution >= 0.6 is 46.3 Å². The predicted octanol–water partition coefficient (Wildman–Crippen LogP) is 4.18. The SMILES string of the molecule is CC(C)(O/N=C(\C(=O)N[C@@H]1C(=O)N2C(C(=O)O)=C(/C=C/c3ccc(C[N+]4(C)CCc5c(Cl)c(O)c(O)c(Cl)c5C4)cc3)CS[C@@H]12)c1csc(N)n1)C(=O)O. The summed E-state index contributed by atoms with van der Waals surface area (Å²) in [5.41, 5.74) is 7.03. The number of carbonyl (C=O) groups is 4. The molecule has 1 fully saturated rings. The number of aromatic nitrogens is 1. The van der Waals surface area contributed by atoms with Crippen molar-refractivity contribution in [3.63, 3.8) is 0 Å². The van der Waals surface area contributed by atoms with Crippen molar-refractivity contribution in [3.05, 3.63) is 85.0 Å². The molecule has 3 aliphatic heterocycles. The highest BCUT2D eigenvalue weighted by atomic mass is 35.5. The van der Waals surface area contributed by atoms with Gasteiger partial charge >= 0.3 is 11.9 Å². The molecule has 0 spiro atoms. The quantitative estimate of drug-likeness (QED) is 0.0527. The Kier molecular flexibility index (Phi) is 10.7. The number of fused-ring (bicyclic) bond motifs is 2. The van der Waals surface area contributed by atoms with Crippen molar-refractivity contribution in [2.75, 3.05) is 25.1 Å². The number of likely N-dealkylation sites (N-methyl/N-ethyl adjacent to an activating group) is 1. The number of nitrogens with two attached hydrogens (primary N) is 1. The topological polar surface area (TPSA) is 225 Å². The van der Waals surface area contributed by atoms with Crippen molar-refractivity contribution < 1.29 is 48.9 Å². The summed E-state index contributed by atoms with van der Waals surface area (Å²) < 4.78 is 0.589. The Hall–Kier alpha value is -4.81. The number of aliphatic carboxylic acids is 2. The van der Waals surface area contributed by atoms with E-state index in [1.165, 1.54) is 31.0 Å². The lowest BCUT2D eigenvalue weighted by atomic mass is 9.96. The molecule has 3 aromatic rings. The lowest BCUT2D eigenvalue weighted by Crippen LogP contribution is -2.71. The lowest BCUT2D eigenvalue weighted by Gasteiger charge is -2.49. The second-order valence-corrected chi connectivity index (χ2v) is 16.5. The number of oxime groups is 1. The fourth-order valence-electron chi connectivity index (χ4n) is 6.31. The van der Waals surface area contributed by atoms with Gasteiger partial charge in [-0.25, -0.2) is 14.6 Å². The Bertz CT molecular complexity index is 2170. The average molecular weight is 819 g/mol. The van der Waals surface area contributed by atoms with E-state index >= 15 is 0 Å². The highest BCUT2D eigenvalue weighted by molar-refractivity contribution is 8.00. The maximum Gasteiger partial charge on any atom is 0.352 e. The first-order chi connectivity index (χ1) is 25.4. The second kappa shape index (κ2) is 14.8. The van der Waals surface area contributed by atoms with Gasteiger partial charge in [0.1, 0.15) is 35.9 Å². The number of carboxylic acid groups (broad SMARTS) is 2. The Balaban J connectivity index is 1.14. The lowest BCUT2D eigenvalue weighted by molar-refractivity contribution is -0.937. The monoisotopic (exact) mass is 817 g/mol. The number of nitrogens with zero attached hydrogens (tertiary/aromatic N) is 4. The minimum Gasteiger partial charge on any atom is -0.503 e. The number of phenolic OH excluding ortho intramolecular Hbond substituents is 2. The molecule has 0 aliphatic carbocycles. The van der Waals surface area contributed by atoms with E-state index in [9.17, 15) is 39.6 Å². The van der Waals surface area contributed by atoms with Crippen molar-refractivity contribution in [2.24, 2.45) is 5.16 Å². The molecule has 2 amide bonds. The molecule has 2 aromatic carbocycles. The van der Waals surface area contributed by atoms with Gasteiger partial charge in [-0.2, -0.15) is 0 Å². The number of β-lactam (4-membered cyclic amide) rings is 1. The zero-order valence-electron chi connectivity index (χ0n) is 29.0. The standard InChI is InChI=1S/C35H34Cl2N6O9S2/c1-35(2,33(50)51)52-41-24(21-15-54-34(38)39-21)29(46)40-25-30(47)42-26(32(48)49)18(14-53-31(25)42)9-8-16-4-6-17(7-5-16)12-43(3)11-10-19-20(13-43)23(37)28(45)27(44)22(19)36/h4-9,15,25,31H,10-14H2,1-3H3,(H6-,38,39,40,41,44,45,46,48,49,50,51)/p+1/b9-8+/t25-,31+,43?/m1/s1. The van der Waals surface area contributed by atoms with Crippen molar-refractivity contribution in [1.29, 1.82) is 0 Å². The first-order valence-corrected chi connectivity index (χ1v) is 19.0. The molecule has 54 heavy (non-hydrogen) atoms. The number of halogens is 2. The number of allylic oxidation sites excluding steroid dienone is 1. The van der Waals surface area contributed by atoms with Gasteiger partial charge in [-0.05, 0) is 30.5 Å². The Morgan fingerprint density at radius 1 is 1.13 bits per heavy atom. The van der Waals surface area contributed by atoms with Crippen LogP contribution in [0.15, 0.2) is 52.1 Å². The molecule has 1 aromatic heterocycles. The van der Waals surface area contributed by atoms with Gasteiger partial charge in [-0.1, -0.05) is 64.8 Å². The molecule has 1 unspecified atom stereocenters. The molecule has 3 aliphatic rings. The number of aromatic hydroxyl groups is 2. The number of carbonyl (C=O) groups excluding carboxylic acids is 2. The molecular weight excluding hydrogens is 783 g/mol.